The van der Waals surface area contributed by atoms with Crippen molar-refractivity contribution in [1.29, 1.82) is 5.26 Å². The summed E-state index contributed by atoms with van der Waals surface area (Å²) in [5, 5.41) is 20.9. The Bertz CT molecular complexity index is 1820. The van der Waals surface area contributed by atoms with Gasteiger partial charge in [0.2, 0.25) is 5.91 Å². The van der Waals surface area contributed by atoms with Gasteiger partial charge in [0.1, 0.15) is 18.2 Å². The van der Waals surface area contributed by atoms with Gasteiger partial charge in [-0.3, -0.25) is 9.69 Å². The van der Waals surface area contributed by atoms with Crippen LogP contribution in [0.3, 0.4) is 0 Å². The average molecular weight is 682 g/mol. The molecule has 13 nitrogen and oxygen atoms in total. The highest BCUT2D eigenvalue weighted by molar-refractivity contribution is 5.96. The molecule has 1 saturated carbocycles. The van der Waals surface area contributed by atoms with Crippen molar-refractivity contribution >= 4 is 34.2 Å². The Labute approximate surface area is 291 Å². The van der Waals surface area contributed by atoms with Gasteiger partial charge in [0.25, 0.3) is 0 Å². The number of likely N-dealkylation sites (tertiary alicyclic amines) is 1. The van der Waals surface area contributed by atoms with Gasteiger partial charge in [-0.15, -0.1) is 0 Å². The van der Waals surface area contributed by atoms with E-state index in [0.717, 1.165) is 83.9 Å². The average Bonchev–Trinajstić information content (AvgIpc) is 3.72. The van der Waals surface area contributed by atoms with Crippen LogP contribution in [-0.2, 0) is 27.3 Å². The molecule has 2 aromatic carbocycles. The Hall–Kier alpha value is -4.93. The summed E-state index contributed by atoms with van der Waals surface area (Å²) in [5.74, 6) is -0.112. The molecule has 3 aromatic rings. The minimum Gasteiger partial charge on any atom is -0.478 e. The zero-order valence-corrected chi connectivity index (χ0v) is 28.4. The van der Waals surface area contributed by atoms with Crippen LogP contribution in [0.15, 0.2) is 48.6 Å². The number of amides is 1. The van der Waals surface area contributed by atoms with Crippen molar-refractivity contribution in [2.75, 3.05) is 69.6 Å². The van der Waals surface area contributed by atoms with Crippen LogP contribution in [-0.4, -0.2) is 108 Å². The van der Waals surface area contributed by atoms with Crippen LogP contribution >= 0.6 is 0 Å². The lowest BCUT2D eigenvalue weighted by molar-refractivity contribution is -0.133. The van der Waals surface area contributed by atoms with E-state index in [9.17, 15) is 14.9 Å². The monoisotopic (exact) mass is 681 g/mol. The molecule has 0 bridgehead atoms. The number of piperazine rings is 1. The molecule has 50 heavy (non-hydrogen) atoms. The number of rotatable bonds is 12. The van der Waals surface area contributed by atoms with Crippen molar-refractivity contribution in [3.63, 3.8) is 0 Å². The summed E-state index contributed by atoms with van der Waals surface area (Å²) in [6, 6.07) is 14.5. The van der Waals surface area contributed by atoms with Gasteiger partial charge in [0.15, 0.2) is 6.79 Å². The second kappa shape index (κ2) is 14.5. The molecule has 1 N–H and O–H groups in total. The standard InChI is InChI=1S/C37H43N7O6/c1-48-25-50-28-20-26-6-2-3-7-29(26)32(21-28)41-17-11-30-31(23-41)39-36(49-24-37(12-13-37)43-15-4-5-16-43)40-35(30)42-18-19-44(27(22-42)10-14-38)33(45)8-9-34(46)47/h2-3,6-9,20-21,27H,4-5,10-13,15-19,22-25H2,1H3,(H,46,47)/b9-8+. The lowest BCUT2D eigenvalue weighted by Gasteiger charge is -2.42. The number of hydrogen-bond acceptors (Lipinski definition) is 11. The van der Waals surface area contributed by atoms with Gasteiger partial charge in [0.05, 0.1) is 36.3 Å². The summed E-state index contributed by atoms with van der Waals surface area (Å²) < 4.78 is 17.5. The van der Waals surface area contributed by atoms with E-state index in [0.29, 0.717) is 45.2 Å². The Morgan fingerprint density at radius 2 is 1.86 bits per heavy atom. The first-order chi connectivity index (χ1) is 24.4. The third-order valence-electron chi connectivity index (χ3n) is 10.4. The fourth-order valence-electron chi connectivity index (χ4n) is 7.60. The molecule has 4 aliphatic rings. The first kappa shape index (κ1) is 33.6. The normalized spacial score (nSPS) is 20.2. The zero-order chi connectivity index (χ0) is 34.7. The van der Waals surface area contributed by atoms with E-state index in [-0.39, 0.29) is 18.8 Å². The highest BCUT2D eigenvalue weighted by atomic mass is 16.7. The molecule has 13 heteroatoms. The van der Waals surface area contributed by atoms with E-state index < -0.39 is 17.9 Å². The molecule has 2 saturated heterocycles. The maximum absolute atomic E-state index is 12.9. The molecule has 3 aliphatic heterocycles. The van der Waals surface area contributed by atoms with Gasteiger partial charge in [0, 0.05) is 68.1 Å². The number of ether oxygens (including phenoxy) is 3. The van der Waals surface area contributed by atoms with E-state index in [1.165, 1.54) is 12.8 Å². The number of anilines is 2. The van der Waals surface area contributed by atoms with Gasteiger partial charge in [-0.25, -0.2) is 4.79 Å². The van der Waals surface area contributed by atoms with Crippen molar-refractivity contribution in [2.45, 2.75) is 56.7 Å². The predicted molar refractivity (Wildman–Crippen MR) is 186 cm³/mol. The van der Waals surface area contributed by atoms with Crippen molar-refractivity contribution < 1.29 is 28.9 Å². The fourth-order valence-corrected chi connectivity index (χ4v) is 7.60. The molecule has 7 rings (SSSR count). The fraction of sp³-hybridized carbons (Fsp3) is 0.486. The van der Waals surface area contributed by atoms with Crippen LogP contribution < -0.4 is 19.3 Å². The summed E-state index contributed by atoms with van der Waals surface area (Å²) in [7, 11) is 1.60. The van der Waals surface area contributed by atoms with Crippen molar-refractivity contribution in [3.05, 3.63) is 59.8 Å². The van der Waals surface area contributed by atoms with Crippen molar-refractivity contribution in [3.8, 4) is 17.8 Å². The summed E-state index contributed by atoms with van der Waals surface area (Å²) in [5.41, 5.74) is 3.02. The molecular weight excluding hydrogens is 638 g/mol. The highest BCUT2D eigenvalue weighted by Crippen LogP contribution is 2.44. The number of carboxylic acid groups (broad SMARTS) is 1. The van der Waals surface area contributed by atoms with Crippen LogP contribution in [0.2, 0.25) is 0 Å². The number of aromatic nitrogens is 2. The quantitative estimate of drug-likeness (QED) is 0.220. The Kier molecular flexibility index (Phi) is 9.74. The van der Waals surface area contributed by atoms with Crippen LogP contribution in [0.25, 0.3) is 10.8 Å². The van der Waals surface area contributed by atoms with Crippen LogP contribution in [0.5, 0.6) is 11.8 Å². The molecule has 1 amide bonds. The van der Waals surface area contributed by atoms with Gasteiger partial charge >= 0.3 is 12.0 Å². The Morgan fingerprint density at radius 1 is 1.04 bits per heavy atom. The summed E-state index contributed by atoms with van der Waals surface area (Å²) in [4.78, 5) is 42.7. The number of carbonyl (C=O) groups is 2. The zero-order valence-electron chi connectivity index (χ0n) is 28.4. The lowest BCUT2D eigenvalue weighted by atomic mass is 10.0. The first-order valence-electron chi connectivity index (χ1n) is 17.4. The highest BCUT2D eigenvalue weighted by Gasteiger charge is 2.49. The van der Waals surface area contributed by atoms with Crippen LogP contribution in [0, 0.1) is 11.3 Å². The second-order valence-corrected chi connectivity index (χ2v) is 13.5. The minimum absolute atomic E-state index is 0.0524. The van der Waals surface area contributed by atoms with E-state index in [1.807, 2.05) is 18.2 Å². The maximum atomic E-state index is 12.9. The molecule has 1 unspecified atom stereocenters. The maximum Gasteiger partial charge on any atom is 0.328 e. The number of hydrogen-bond donors (Lipinski definition) is 1. The van der Waals surface area contributed by atoms with E-state index in [4.69, 9.17) is 29.3 Å². The molecule has 3 fully saturated rings. The molecular formula is C37H43N7O6. The predicted octanol–water partition coefficient (Wildman–Crippen LogP) is 3.75. The molecule has 0 radical (unpaired) electrons. The van der Waals surface area contributed by atoms with Crippen molar-refractivity contribution in [2.24, 2.45) is 0 Å². The van der Waals surface area contributed by atoms with Gasteiger partial charge < -0.3 is 34.0 Å². The molecule has 1 atom stereocenters. The van der Waals surface area contributed by atoms with Crippen LogP contribution in [0.4, 0.5) is 11.5 Å². The Balaban J connectivity index is 1.20. The number of nitriles is 1. The topological polar surface area (TPSA) is 145 Å². The number of aliphatic carboxylic acids is 1. The summed E-state index contributed by atoms with van der Waals surface area (Å²) in [6.45, 7) is 5.33. The van der Waals surface area contributed by atoms with Gasteiger partial charge in [-0.2, -0.15) is 15.2 Å². The van der Waals surface area contributed by atoms with Gasteiger partial charge in [-0.05, 0) is 56.6 Å². The SMILES string of the molecule is COCOc1cc(N2CCc3c(nc(OCC4(N5CCCC5)CC4)nc3N3CCN(C(=O)/C=C/C(=O)O)C(CC#N)C3)C2)c2ccccc2c1. The molecule has 1 aliphatic carbocycles. The lowest BCUT2D eigenvalue weighted by Crippen LogP contribution is -2.55. The van der Waals surface area contributed by atoms with E-state index in [1.54, 1.807) is 12.0 Å². The molecule has 0 spiro atoms. The summed E-state index contributed by atoms with van der Waals surface area (Å²) >= 11 is 0. The largest absolute Gasteiger partial charge is 0.478 e. The third-order valence-corrected chi connectivity index (χ3v) is 10.4. The third kappa shape index (κ3) is 7.04. The second-order valence-electron chi connectivity index (χ2n) is 13.5. The number of nitrogens with zero attached hydrogens (tertiary/aromatic N) is 7. The van der Waals surface area contributed by atoms with Gasteiger partial charge in [-0.1, -0.05) is 24.3 Å². The molecule has 1 aromatic heterocycles. The Morgan fingerprint density at radius 3 is 2.62 bits per heavy atom. The number of benzene rings is 2. The van der Waals surface area contributed by atoms with E-state index in [2.05, 4.69) is 39.0 Å². The number of fused-ring (bicyclic) bond motifs is 2. The number of carboxylic acids is 1. The van der Waals surface area contributed by atoms with Crippen LogP contribution in [0.1, 0.15) is 43.4 Å². The number of carbonyl (C=O) groups excluding carboxylic acids is 1. The minimum atomic E-state index is -1.19. The number of methoxy groups -OCH3 is 1. The molecule has 4 heterocycles. The van der Waals surface area contributed by atoms with E-state index >= 15 is 0 Å². The summed E-state index contributed by atoms with van der Waals surface area (Å²) in [6.07, 6.45) is 7.34. The molecule has 262 valence electrons. The van der Waals surface area contributed by atoms with Crippen molar-refractivity contribution in [1.82, 2.24) is 19.8 Å². The first-order valence-corrected chi connectivity index (χ1v) is 17.4. The smallest absolute Gasteiger partial charge is 0.328 e.